The second kappa shape index (κ2) is 8.23. The Balaban J connectivity index is 2.11. The molecule has 0 fully saturated rings. The summed E-state index contributed by atoms with van der Waals surface area (Å²) < 4.78 is 0. The fraction of sp³-hybridized carbons (Fsp3) is 0.412. The van der Waals surface area contributed by atoms with Gasteiger partial charge in [0.25, 0.3) is 0 Å². The van der Waals surface area contributed by atoms with Gasteiger partial charge in [-0.05, 0) is 38.4 Å². The largest absolute Gasteiger partial charge is 0.309 e. The second-order valence-electron chi connectivity index (χ2n) is 4.87. The first-order valence-corrected chi connectivity index (χ1v) is 7.45. The number of hydrogen-bond donors (Lipinski definition) is 1. The minimum Gasteiger partial charge on any atom is -0.309 e. The fourth-order valence-electron chi connectivity index (χ4n) is 2.13. The van der Waals surface area contributed by atoms with E-state index in [0.29, 0.717) is 0 Å². The van der Waals surface area contributed by atoms with Crippen LogP contribution in [0.15, 0.2) is 36.5 Å². The molecule has 1 unspecified atom stereocenters. The predicted octanol–water partition coefficient (Wildman–Crippen LogP) is 3.11. The van der Waals surface area contributed by atoms with Gasteiger partial charge in [-0.2, -0.15) is 15.0 Å². The first-order chi connectivity index (χ1) is 10.3. The number of hydrogen-bond acceptors (Lipinski definition) is 3. The van der Waals surface area contributed by atoms with E-state index in [1.807, 2.05) is 43.5 Å². The molecule has 0 aliphatic rings. The van der Waals surface area contributed by atoms with Crippen LogP contribution in [-0.4, -0.2) is 21.5 Å². The first kappa shape index (κ1) is 15.3. The van der Waals surface area contributed by atoms with E-state index in [0.717, 1.165) is 37.2 Å². The quantitative estimate of drug-likeness (QED) is 0.793. The lowest BCUT2D eigenvalue weighted by Gasteiger charge is -2.14. The normalized spacial score (nSPS) is 11.7. The molecule has 0 aliphatic carbocycles. The molecule has 1 aromatic heterocycles. The van der Waals surface area contributed by atoms with Crippen molar-refractivity contribution in [3.63, 3.8) is 0 Å². The molecule has 0 radical (unpaired) electrons. The van der Waals surface area contributed by atoms with E-state index < -0.39 is 0 Å². The third kappa shape index (κ3) is 4.44. The molecular formula is C17H22N4. The molecule has 1 atom stereocenters. The number of para-hydroxylation sites is 1. The van der Waals surface area contributed by atoms with Crippen molar-refractivity contribution < 1.29 is 0 Å². The highest BCUT2D eigenvalue weighted by molar-refractivity contribution is 5.28. The Morgan fingerprint density at radius 1 is 1.29 bits per heavy atom. The van der Waals surface area contributed by atoms with Gasteiger partial charge in [-0.25, -0.2) is 0 Å². The highest BCUT2D eigenvalue weighted by Gasteiger charge is 2.14. The standard InChI is InChI=1S/C17H22N4/c1-3-5-7-12-16(18-13-4-2)17-14-19-21(20-17)15-10-8-6-9-11-15/h6,8-11,14,16,18H,4,7,12-13H2,1-2H3. The van der Waals surface area contributed by atoms with E-state index in [2.05, 4.69) is 34.3 Å². The van der Waals surface area contributed by atoms with Crippen LogP contribution < -0.4 is 5.32 Å². The maximum atomic E-state index is 4.61. The summed E-state index contributed by atoms with van der Waals surface area (Å²) in [7, 11) is 0. The number of rotatable bonds is 7. The van der Waals surface area contributed by atoms with Crippen molar-refractivity contribution in [2.24, 2.45) is 0 Å². The van der Waals surface area contributed by atoms with Crippen molar-refractivity contribution in [1.29, 1.82) is 0 Å². The summed E-state index contributed by atoms with van der Waals surface area (Å²) in [6.07, 6.45) is 4.77. The summed E-state index contributed by atoms with van der Waals surface area (Å²) in [5, 5.41) is 12.5. The molecule has 2 rings (SSSR count). The van der Waals surface area contributed by atoms with Gasteiger partial charge >= 0.3 is 0 Å². The molecule has 110 valence electrons. The molecule has 4 heteroatoms. The number of benzene rings is 1. The van der Waals surface area contributed by atoms with Gasteiger partial charge in [-0.3, -0.25) is 0 Å². The van der Waals surface area contributed by atoms with Gasteiger partial charge in [0.05, 0.1) is 17.9 Å². The van der Waals surface area contributed by atoms with E-state index >= 15 is 0 Å². The van der Waals surface area contributed by atoms with Gasteiger partial charge in [0.1, 0.15) is 5.69 Å². The van der Waals surface area contributed by atoms with Crippen LogP contribution in [0, 0.1) is 11.8 Å². The molecule has 1 N–H and O–H groups in total. The monoisotopic (exact) mass is 282 g/mol. The lowest BCUT2D eigenvalue weighted by molar-refractivity contribution is 0.491. The zero-order valence-corrected chi connectivity index (χ0v) is 12.7. The zero-order chi connectivity index (χ0) is 14.9. The van der Waals surface area contributed by atoms with Crippen LogP contribution in [0.4, 0.5) is 0 Å². The highest BCUT2D eigenvalue weighted by Crippen LogP contribution is 2.16. The molecule has 1 aromatic carbocycles. The van der Waals surface area contributed by atoms with Crippen LogP contribution in [-0.2, 0) is 0 Å². The summed E-state index contributed by atoms with van der Waals surface area (Å²) in [6, 6.07) is 10.2. The maximum Gasteiger partial charge on any atom is 0.100 e. The molecule has 1 heterocycles. The minimum absolute atomic E-state index is 0.211. The predicted molar refractivity (Wildman–Crippen MR) is 85.1 cm³/mol. The number of aromatic nitrogens is 3. The Morgan fingerprint density at radius 2 is 2.10 bits per heavy atom. The summed E-state index contributed by atoms with van der Waals surface area (Å²) >= 11 is 0. The Labute approximate surface area is 126 Å². The van der Waals surface area contributed by atoms with Crippen LogP contribution in [0.25, 0.3) is 5.69 Å². The van der Waals surface area contributed by atoms with Crippen LogP contribution in [0.3, 0.4) is 0 Å². The average molecular weight is 282 g/mol. The minimum atomic E-state index is 0.211. The number of nitrogens with zero attached hydrogens (tertiary/aromatic N) is 3. The van der Waals surface area contributed by atoms with Crippen molar-refractivity contribution in [2.45, 2.75) is 39.2 Å². The topological polar surface area (TPSA) is 42.7 Å². The molecule has 0 spiro atoms. The Bertz CT molecular complexity index is 592. The van der Waals surface area contributed by atoms with Gasteiger partial charge in [0.2, 0.25) is 0 Å². The Hall–Kier alpha value is -2.12. The van der Waals surface area contributed by atoms with E-state index in [9.17, 15) is 0 Å². The average Bonchev–Trinajstić information content (AvgIpc) is 3.01. The van der Waals surface area contributed by atoms with Crippen LogP contribution in [0.2, 0.25) is 0 Å². The maximum absolute atomic E-state index is 4.61. The van der Waals surface area contributed by atoms with Crippen LogP contribution in [0.1, 0.15) is 44.8 Å². The van der Waals surface area contributed by atoms with Gasteiger partial charge in [-0.1, -0.05) is 25.1 Å². The van der Waals surface area contributed by atoms with E-state index in [1.54, 1.807) is 4.80 Å². The summed E-state index contributed by atoms with van der Waals surface area (Å²) in [5.41, 5.74) is 1.96. The molecule has 0 bridgehead atoms. The van der Waals surface area contributed by atoms with E-state index in [1.165, 1.54) is 0 Å². The van der Waals surface area contributed by atoms with Gasteiger partial charge in [0, 0.05) is 6.42 Å². The molecule has 2 aromatic rings. The molecule has 0 saturated carbocycles. The summed E-state index contributed by atoms with van der Waals surface area (Å²) in [5.74, 6) is 6.06. The number of nitrogens with one attached hydrogen (secondary N) is 1. The van der Waals surface area contributed by atoms with Gasteiger partial charge < -0.3 is 5.32 Å². The molecule has 0 saturated heterocycles. The van der Waals surface area contributed by atoms with Crippen molar-refractivity contribution >= 4 is 0 Å². The lowest BCUT2D eigenvalue weighted by atomic mass is 10.1. The molecule has 4 nitrogen and oxygen atoms in total. The van der Waals surface area contributed by atoms with Crippen LogP contribution in [0.5, 0.6) is 0 Å². The first-order valence-electron chi connectivity index (χ1n) is 7.45. The molecule has 0 amide bonds. The third-order valence-electron chi connectivity index (χ3n) is 3.23. The van der Waals surface area contributed by atoms with E-state index in [-0.39, 0.29) is 6.04 Å². The Morgan fingerprint density at radius 3 is 2.81 bits per heavy atom. The van der Waals surface area contributed by atoms with Crippen LogP contribution >= 0.6 is 0 Å². The highest BCUT2D eigenvalue weighted by atomic mass is 15.5. The Kier molecular flexibility index (Phi) is 5.99. The zero-order valence-electron chi connectivity index (χ0n) is 12.7. The van der Waals surface area contributed by atoms with Crippen molar-refractivity contribution in [3.8, 4) is 17.5 Å². The summed E-state index contributed by atoms with van der Waals surface area (Å²) in [4.78, 5) is 1.68. The SMILES string of the molecule is CC#CCCC(NCCC)c1cnn(-c2ccccc2)n1. The van der Waals surface area contributed by atoms with Crippen molar-refractivity contribution in [2.75, 3.05) is 6.54 Å². The summed E-state index contributed by atoms with van der Waals surface area (Å²) in [6.45, 7) is 5.01. The molecule has 0 aliphatic heterocycles. The van der Waals surface area contributed by atoms with Crippen molar-refractivity contribution in [3.05, 3.63) is 42.2 Å². The molecular weight excluding hydrogens is 260 g/mol. The second-order valence-corrected chi connectivity index (χ2v) is 4.87. The fourth-order valence-corrected chi connectivity index (χ4v) is 2.13. The van der Waals surface area contributed by atoms with Gasteiger partial charge in [0.15, 0.2) is 0 Å². The lowest BCUT2D eigenvalue weighted by Crippen LogP contribution is -2.22. The van der Waals surface area contributed by atoms with Gasteiger partial charge in [-0.15, -0.1) is 11.8 Å². The van der Waals surface area contributed by atoms with E-state index in [4.69, 9.17) is 0 Å². The smallest absolute Gasteiger partial charge is 0.100 e. The van der Waals surface area contributed by atoms with Crippen molar-refractivity contribution in [1.82, 2.24) is 20.3 Å². The molecule has 21 heavy (non-hydrogen) atoms. The third-order valence-corrected chi connectivity index (χ3v) is 3.23.